The Kier molecular flexibility index (Phi) is 6.41. The maximum absolute atomic E-state index is 12.8. The van der Waals surface area contributed by atoms with Crippen molar-refractivity contribution < 1.29 is 4.79 Å². The van der Waals surface area contributed by atoms with Crippen molar-refractivity contribution in [3.8, 4) is 0 Å². The number of aromatic nitrogens is 3. The van der Waals surface area contributed by atoms with Crippen molar-refractivity contribution in [3.63, 3.8) is 0 Å². The SMILES string of the molecule is C[C@H](c1ccc(Cl)cc1Cl)n1nnc2ccc(C3=CCN(C(=O)C4CCCCN4)CC3)cc21. The first-order valence-corrected chi connectivity index (χ1v) is 12.3. The highest BCUT2D eigenvalue weighted by Crippen LogP contribution is 2.31. The molecule has 1 aromatic heterocycles. The molecule has 3 heterocycles. The number of fused-ring (bicyclic) bond motifs is 1. The van der Waals surface area contributed by atoms with Crippen LogP contribution in [0.1, 0.15) is 49.8 Å². The number of benzene rings is 2. The Bertz CT molecular complexity index is 1210. The van der Waals surface area contributed by atoms with Gasteiger partial charge in [0.05, 0.1) is 17.6 Å². The molecule has 2 aromatic carbocycles. The highest BCUT2D eigenvalue weighted by molar-refractivity contribution is 6.35. The Labute approximate surface area is 203 Å². The summed E-state index contributed by atoms with van der Waals surface area (Å²) in [6.45, 7) is 4.39. The van der Waals surface area contributed by atoms with Gasteiger partial charge < -0.3 is 10.2 Å². The average Bonchev–Trinajstić information content (AvgIpc) is 3.27. The predicted octanol–water partition coefficient (Wildman–Crippen LogP) is 5.11. The third kappa shape index (κ3) is 4.52. The number of amides is 1. The minimum atomic E-state index is -0.0912. The summed E-state index contributed by atoms with van der Waals surface area (Å²) in [4.78, 5) is 14.8. The van der Waals surface area contributed by atoms with E-state index in [0.717, 1.165) is 60.9 Å². The van der Waals surface area contributed by atoms with E-state index in [9.17, 15) is 4.79 Å². The van der Waals surface area contributed by atoms with Crippen molar-refractivity contribution in [2.75, 3.05) is 19.6 Å². The van der Waals surface area contributed by atoms with Gasteiger partial charge >= 0.3 is 0 Å². The standard InChI is InChI=1S/C25H27Cl2N5O/c1-16(20-7-6-19(26)15-21(20)27)32-24-14-18(5-8-22(24)29-30-32)17-9-12-31(13-10-17)25(33)23-4-2-3-11-28-23/h5-9,14-16,23,28H,2-4,10-13H2,1H3/t16-,23?/m1/s1. The molecule has 1 amide bonds. The van der Waals surface area contributed by atoms with Gasteiger partial charge in [-0.05, 0) is 73.7 Å². The molecule has 2 atom stereocenters. The van der Waals surface area contributed by atoms with E-state index in [-0.39, 0.29) is 18.0 Å². The molecule has 1 N–H and O–H groups in total. The second-order valence-electron chi connectivity index (χ2n) is 8.85. The summed E-state index contributed by atoms with van der Waals surface area (Å²) in [5, 5.41) is 13.3. The minimum absolute atomic E-state index is 0.0216. The van der Waals surface area contributed by atoms with Gasteiger partial charge in [-0.1, -0.05) is 53.0 Å². The van der Waals surface area contributed by atoms with Crippen LogP contribution in [-0.2, 0) is 4.79 Å². The summed E-state index contributed by atoms with van der Waals surface area (Å²) in [6.07, 6.45) is 6.24. The number of rotatable bonds is 4. The van der Waals surface area contributed by atoms with Crippen molar-refractivity contribution in [3.05, 3.63) is 63.6 Å². The van der Waals surface area contributed by atoms with Gasteiger partial charge in [-0.3, -0.25) is 4.79 Å². The van der Waals surface area contributed by atoms with Crippen molar-refractivity contribution in [1.29, 1.82) is 0 Å². The number of carbonyl (C=O) groups is 1. The van der Waals surface area contributed by atoms with E-state index >= 15 is 0 Å². The second-order valence-corrected chi connectivity index (χ2v) is 9.69. The molecule has 3 aromatic rings. The smallest absolute Gasteiger partial charge is 0.239 e. The van der Waals surface area contributed by atoms with E-state index in [1.54, 1.807) is 6.07 Å². The third-order valence-corrected chi connectivity index (χ3v) is 7.31. The lowest BCUT2D eigenvalue weighted by Crippen LogP contribution is -2.49. The normalized spacial score (nSPS) is 20.0. The summed E-state index contributed by atoms with van der Waals surface area (Å²) < 4.78 is 1.90. The van der Waals surface area contributed by atoms with Gasteiger partial charge in [0, 0.05) is 23.1 Å². The van der Waals surface area contributed by atoms with E-state index in [2.05, 4.69) is 40.8 Å². The van der Waals surface area contributed by atoms with E-state index < -0.39 is 0 Å². The molecule has 1 fully saturated rings. The van der Waals surface area contributed by atoms with Crippen molar-refractivity contribution in [2.24, 2.45) is 0 Å². The molecule has 5 rings (SSSR count). The molecular weight excluding hydrogens is 457 g/mol. The van der Waals surface area contributed by atoms with Gasteiger partial charge in [-0.25, -0.2) is 4.68 Å². The van der Waals surface area contributed by atoms with Crippen LogP contribution in [0, 0.1) is 0 Å². The largest absolute Gasteiger partial charge is 0.337 e. The average molecular weight is 484 g/mol. The lowest BCUT2D eigenvalue weighted by Gasteiger charge is -2.32. The van der Waals surface area contributed by atoms with Gasteiger partial charge in [0.25, 0.3) is 0 Å². The Morgan fingerprint density at radius 2 is 2.06 bits per heavy atom. The fourth-order valence-corrected chi connectivity index (χ4v) is 5.37. The van der Waals surface area contributed by atoms with Crippen LogP contribution in [0.4, 0.5) is 0 Å². The van der Waals surface area contributed by atoms with E-state index in [1.807, 2.05) is 27.8 Å². The zero-order valence-electron chi connectivity index (χ0n) is 18.6. The number of nitrogens with one attached hydrogen (secondary N) is 1. The monoisotopic (exact) mass is 483 g/mol. The second kappa shape index (κ2) is 9.45. The molecule has 2 aliphatic heterocycles. The molecule has 172 valence electrons. The molecule has 0 radical (unpaired) electrons. The topological polar surface area (TPSA) is 63.1 Å². The lowest BCUT2D eigenvalue weighted by molar-refractivity contribution is -0.133. The molecule has 0 bridgehead atoms. The number of hydrogen-bond donors (Lipinski definition) is 1. The lowest BCUT2D eigenvalue weighted by atomic mass is 9.97. The quantitative estimate of drug-likeness (QED) is 0.560. The Morgan fingerprint density at radius 3 is 2.79 bits per heavy atom. The Hall–Kier alpha value is -2.41. The molecular formula is C25H27Cl2N5O. The summed E-state index contributed by atoms with van der Waals surface area (Å²) in [6, 6.07) is 11.7. The van der Waals surface area contributed by atoms with Gasteiger partial charge in [0.1, 0.15) is 5.52 Å². The molecule has 6 nitrogen and oxygen atoms in total. The zero-order chi connectivity index (χ0) is 22.9. The first kappa shape index (κ1) is 22.4. The van der Waals surface area contributed by atoms with Gasteiger partial charge in [-0.2, -0.15) is 0 Å². The van der Waals surface area contributed by atoms with E-state index in [4.69, 9.17) is 23.2 Å². The van der Waals surface area contributed by atoms with Crippen LogP contribution in [0.15, 0.2) is 42.5 Å². The first-order chi connectivity index (χ1) is 16.0. The van der Waals surface area contributed by atoms with Crippen LogP contribution in [0.2, 0.25) is 10.0 Å². The summed E-state index contributed by atoms with van der Waals surface area (Å²) in [5.74, 6) is 0.233. The van der Waals surface area contributed by atoms with Crippen LogP contribution in [0.25, 0.3) is 16.6 Å². The molecule has 0 spiro atoms. The van der Waals surface area contributed by atoms with Gasteiger partial charge in [0.15, 0.2) is 0 Å². The molecule has 1 unspecified atom stereocenters. The first-order valence-electron chi connectivity index (χ1n) is 11.5. The van der Waals surface area contributed by atoms with Crippen molar-refractivity contribution in [1.82, 2.24) is 25.2 Å². The van der Waals surface area contributed by atoms with Crippen LogP contribution >= 0.6 is 23.2 Å². The number of carbonyl (C=O) groups excluding carboxylic acids is 1. The van der Waals surface area contributed by atoms with E-state index in [1.165, 1.54) is 5.57 Å². The van der Waals surface area contributed by atoms with Crippen LogP contribution in [-0.4, -0.2) is 51.5 Å². The van der Waals surface area contributed by atoms with Crippen molar-refractivity contribution >= 4 is 45.7 Å². The maximum Gasteiger partial charge on any atom is 0.239 e. The number of hydrogen-bond acceptors (Lipinski definition) is 4. The number of piperidine rings is 1. The van der Waals surface area contributed by atoms with Crippen LogP contribution in [0.5, 0.6) is 0 Å². The highest BCUT2D eigenvalue weighted by atomic mass is 35.5. The molecule has 8 heteroatoms. The predicted molar refractivity (Wildman–Crippen MR) is 133 cm³/mol. The van der Waals surface area contributed by atoms with Crippen molar-refractivity contribution in [2.45, 2.75) is 44.7 Å². The molecule has 2 aliphatic rings. The Balaban J connectivity index is 1.37. The molecule has 1 saturated heterocycles. The van der Waals surface area contributed by atoms with Crippen LogP contribution < -0.4 is 5.32 Å². The molecule has 0 aliphatic carbocycles. The zero-order valence-corrected chi connectivity index (χ0v) is 20.1. The Morgan fingerprint density at radius 1 is 1.18 bits per heavy atom. The number of nitrogens with zero attached hydrogens (tertiary/aromatic N) is 4. The van der Waals surface area contributed by atoms with Gasteiger partial charge in [0.2, 0.25) is 5.91 Å². The molecule has 33 heavy (non-hydrogen) atoms. The summed E-state index contributed by atoms with van der Waals surface area (Å²) in [7, 11) is 0. The van der Waals surface area contributed by atoms with Crippen LogP contribution in [0.3, 0.4) is 0 Å². The van der Waals surface area contributed by atoms with Gasteiger partial charge in [-0.15, -0.1) is 5.10 Å². The third-order valence-electron chi connectivity index (χ3n) is 6.75. The maximum atomic E-state index is 12.8. The number of halogens is 2. The fourth-order valence-electron chi connectivity index (χ4n) is 4.81. The summed E-state index contributed by atoms with van der Waals surface area (Å²) >= 11 is 12.5. The minimum Gasteiger partial charge on any atom is -0.337 e. The summed E-state index contributed by atoms with van der Waals surface area (Å²) in [5.41, 5.74) is 5.13. The molecule has 0 saturated carbocycles. The fraction of sp³-hybridized carbons (Fsp3) is 0.400. The van der Waals surface area contributed by atoms with E-state index in [0.29, 0.717) is 16.6 Å². The highest BCUT2D eigenvalue weighted by Gasteiger charge is 2.27.